The van der Waals surface area contributed by atoms with Crippen molar-refractivity contribution < 1.29 is 0 Å². The average Bonchev–Trinajstić information content (AvgIpc) is 2.51. The smallest absolute Gasteiger partial charge is 0.291 e. The van der Waals surface area contributed by atoms with Crippen LogP contribution in [0.3, 0.4) is 0 Å². The summed E-state index contributed by atoms with van der Waals surface area (Å²) in [7, 11) is 0. The number of aromatic nitrogens is 2. The van der Waals surface area contributed by atoms with Crippen molar-refractivity contribution in [3.63, 3.8) is 0 Å². The molecule has 0 bridgehead atoms. The number of benzene rings is 2. The minimum absolute atomic E-state index is 0.224. The number of aromatic amines is 1. The molecule has 0 aliphatic carbocycles. The monoisotopic (exact) mass is 267 g/mol. The van der Waals surface area contributed by atoms with Crippen LogP contribution >= 0.6 is 0 Å². The van der Waals surface area contributed by atoms with Crippen LogP contribution in [0.4, 0.5) is 11.5 Å². The van der Waals surface area contributed by atoms with Crippen LogP contribution in [0.15, 0.2) is 59.4 Å². The van der Waals surface area contributed by atoms with Crippen molar-refractivity contribution in [1.82, 2.24) is 9.97 Å². The molecule has 0 fully saturated rings. The lowest BCUT2D eigenvalue weighted by Crippen LogP contribution is -2.13. The molecule has 0 atom stereocenters. The van der Waals surface area contributed by atoms with E-state index in [1.165, 1.54) is 0 Å². The quantitative estimate of drug-likeness (QED) is 0.744. The SMILES string of the molecule is CC.O=c1[nH]c2ccccc2nc1Nc1ccccc1. The maximum atomic E-state index is 11.9. The Labute approximate surface area is 117 Å². The lowest BCUT2D eigenvalue weighted by atomic mass is 10.3. The van der Waals surface area contributed by atoms with Crippen LogP contribution in [0.2, 0.25) is 0 Å². The highest BCUT2D eigenvalue weighted by Gasteiger charge is 2.03. The molecular formula is C16H17N3O. The number of nitrogens with zero attached hydrogens (tertiary/aromatic N) is 1. The number of hydrogen-bond acceptors (Lipinski definition) is 3. The summed E-state index contributed by atoms with van der Waals surface area (Å²) >= 11 is 0. The van der Waals surface area contributed by atoms with Gasteiger partial charge in [0.15, 0.2) is 5.82 Å². The number of para-hydroxylation sites is 3. The van der Waals surface area contributed by atoms with E-state index in [4.69, 9.17) is 0 Å². The fourth-order valence-corrected chi connectivity index (χ4v) is 1.77. The topological polar surface area (TPSA) is 57.8 Å². The predicted molar refractivity (Wildman–Crippen MR) is 83.4 cm³/mol. The Hall–Kier alpha value is -2.62. The van der Waals surface area contributed by atoms with E-state index in [1.54, 1.807) is 0 Å². The first-order chi connectivity index (χ1) is 9.83. The maximum absolute atomic E-state index is 11.9. The number of anilines is 2. The molecule has 1 heterocycles. The van der Waals surface area contributed by atoms with E-state index in [-0.39, 0.29) is 5.56 Å². The Kier molecular flexibility index (Phi) is 4.50. The Balaban J connectivity index is 0.000000704. The third kappa shape index (κ3) is 3.03. The van der Waals surface area contributed by atoms with Crippen LogP contribution in [0.25, 0.3) is 11.0 Å². The van der Waals surface area contributed by atoms with Crippen LogP contribution in [0.5, 0.6) is 0 Å². The second kappa shape index (κ2) is 6.52. The first kappa shape index (κ1) is 13.8. The summed E-state index contributed by atoms with van der Waals surface area (Å²) in [5.74, 6) is 0.305. The molecule has 2 aromatic carbocycles. The molecule has 0 saturated carbocycles. The molecule has 4 heteroatoms. The molecule has 3 rings (SSSR count). The molecule has 3 aromatic rings. The zero-order valence-corrected chi connectivity index (χ0v) is 11.6. The van der Waals surface area contributed by atoms with E-state index >= 15 is 0 Å². The van der Waals surface area contributed by atoms with Crippen molar-refractivity contribution in [1.29, 1.82) is 0 Å². The standard InChI is InChI=1S/C14H11N3O.C2H6/c18-14-13(15-10-6-2-1-3-7-10)16-11-8-4-5-9-12(11)17-14;1-2/h1-9H,(H,15,16)(H,17,18);1-2H3. The van der Waals surface area contributed by atoms with Gasteiger partial charge in [0, 0.05) is 5.69 Å². The van der Waals surface area contributed by atoms with Gasteiger partial charge >= 0.3 is 0 Å². The van der Waals surface area contributed by atoms with E-state index in [9.17, 15) is 4.79 Å². The minimum Gasteiger partial charge on any atom is -0.336 e. The van der Waals surface area contributed by atoms with E-state index in [0.717, 1.165) is 16.7 Å². The van der Waals surface area contributed by atoms with Gasteiger partial charge < -0.3 is 10.3 Å². The second-order valence-corrected chi connectivity index (χ2v) is 3.92. The molecule has 0 aliphatic rings. The van der Waals surface area contributed by atoms with Gasteiger partial charge in [0.2, 0.25) is 0 Å². The van der Waals surface area contributed by atoms with Crippen molar-refractivity contribution in [3.8, 4) is 0 Å². The molecule has 0 aliphatic heterocycles. The summed E-state index contributed by atoms with van der Waals surface area (Å²) in [4.78, 5) is 19.0. The molecule has 0 spiro atoms. The largest absolute Gasteiger partial charge is 0.336 e. The van der Waals surface area contributed by atoms with E-state index < -0.39 is 0 Å². The molecule has 4 nitrogen and oxygen atoms in total. The van der Waals surface area contributed by atoms with Crippen LogP contribution < -0.4 is 10.9 Å². The van der Waals surface area contributed by atoms with Gasteiger partial charge in [-0.25, -0.2) is 4.98 Å². The van der Waals surface area contributed by atoms with Crippen LogP contribution in [0.1, 0.15) is 13.8 Å². The summed E-state index contributed by atoms with van der Waals surface area (Å²) < 4.78 is 0. The summed E-state index contributed by atoms with van der Waals surface area (Å²) in [5.41, 5.74) is 2.11. The zero-order valence-electron chi connectivity index (χ0n) is 11.6. The minimum atomic E-state index is -0.224. The van der Waals surface area contributed by atoms with Crippen molar-refractivity contribution in [2.75, 3.05) is 5.32 Å². The molecule has 1 aromatic heterocycles. The first-order valence-corrected chi connectivity index (χ1v) is 6.64. The molecule has 0 saturated heterocycles. The van der Waals surface area contributed by atoms with Gasteiger partial charge in [-0.05, 0) is 24.3 Å². The fourth-order valence-electron chi connectivity index (χ4n) is 1.77. The van der Waals surface area contributed by atoms with Crippen molar-refractivity contribution in [2.24, 2.45) is 0 Å². The molecule has 2 N–H and O–H groups in total. The van der Waals surface area contributed by atoms with Crippen molar-refractivity contribution in [2.45, 2.75) is 13.8 Å². The van der Waals surface area contributed by atoms with E-state index in [2.05, 4.69) is 15.3 Å². The van der Waals surface area contributed by atoms with Crippen LogP contribution in [0, 0.1) is 0 Å². The molecule has 20 heavy (non-hydrogen) atoms. The third-order valence-electron chi connectivity index (χ3n) is 2.64. The fraction of sp³-hybridized carbons (Fsp3) is 0.125. The predicted octanol–water partition coefficient (Wildman–Crippen LogP) is 3.69. The molecule has 0 amide bonds. The Bertz CT molecular complexity index is 735. The van der Waals surface area contributed by atoms with Crippen LogP contribution in [-0.2, 0) is 0 Å². The first-order valence-electron chi connectivity index (χ1n) is 6.64. The number of H-pyrrole nitrogens is 1. The lowest BCUT2D eigenvalue weighted by Gasteiger charge is -2.05. The van der Waals surface area contributed by atoms with Crippen molar-refractivity contribution >= 4 is 22.5 Å². The van der Waals surface area contributed by atoms with Gasteiger partial charge in [-0.2, -0.15) is 0 Å². The summed E-state index contributed by atoms with van der Waals surface area (Å²) in [6.07, 6.45) is 0. The van der Waals surface area contributed by atoms with Gasteiger partial charge in [-0.1, -0.05) is 44.2 Å². The highest BCUT2D eigenvalue weighted by molar-refractivity contribution is 5.75. The average molecular weight is 267 g/mol. The Morgan fingerprint density at radius 3 is 2.35 bits per heavy atom. The van der Waals surface area contributed by atoms with Gasteiger partial charge in [0.1, 0.15) is 0 Å². The molecular weight excluding hydrogens is 250 g/mol. The Morgan fingerprint density at radius 2 is 1.60 bits per heavy atom. The summed E-state index contributed by atoms with van der Waals surface area (Å²) in [6, 6.07) is 16.9. The molecule has 102 valence electrons. The molecule has 0 radical (unpaired) electrons. The van der Waals surface area contributed by atoms with Crippen LogP contribution in [-0.4, -0.2) is 9.97 Å². The van der Waals surface area contributed by atoms with E-state index in [1.807, 2.05) is 68.4 Å². The number of rotatable bonds is 2. The van der Waals surface area contributed by atoms with Gasteiger partial charge in [-0.3, -0.25) is 4.79 Å². The number of fused-ring (bicyclic) bond motifs is 1. The maximum Gasteiger partial charge on any atom is 0.291 e. The highest BCUT2D eigenvalue weighted by Crippen LogP contribution is 2.13. The summed E-state index contributed by atoms with van der Waals surface area (Å²) in [6.45, 7) is 4.00. The second-order valence-electron chi connectivity index (χ2n) is 3.92. The third-order valence-corrected chi connectivity index (χ3v) is 2.64. The Morgan fingerprint density at radius 1 is 0.950 bits per heavy atom. The van der Waals surface area contributed by atoms with Gasteiger partial charge in [-0.15, -0.1) is 0 Å². The number of nitrogens with one attached hydrogen (secondary N) is 2. The van der Waals surface area contributed by atoms with Gasteiger partial charge in [0.25, 0.3) is 5.56 Å². The normalized spacial score (nSPS) is 9.70. The highest BCUT2D eigenvalue weighted by atomic mass is 16.1. The van der Waals surface area contributed by atoms with Gasteiger partial charge in [0.05, 0.1) is 11.0 Å². The van der Waals surface area contributed by atoms with E-state index in [0.29, 0.717) is 5.82 Å². The lowest BCUT2D eigenvalue weighted by molar-refractivity contribution is 1.21. The van der Waals surface area contributed by atoms with Crippen molar-refractivity contribution in [3.05, 3.63) is 65.0 Å². The summed E-state index contributed by atoms with van der Waals surface area (Å²) in [5, 5.41) is 3.01. The zero-order chi connectivity index (χ0) is 14.4. The molecule has 0 unspecified atom stereocenters. The number of hydrogen-bond donors (Lipinski definition) is 2.